The van der Waals surface area contributed by atoms with E-state index in [0.29, 0.717) is 0 Å². The fourth-order valence-electron chi connectivity index (χ4n) is 1.09. The van der Waals surface area contributed by atoms with Crippen molar-refractivity contribution in [3.63, 3.8) is 0 Å². The minimum Gasteiger partial charge on any atom is -0.314 e. The first-order valence-corrected chi connectivity index (χ1v) is 5.57. The Bertz CT molecular complexity index is 126. The molecule has 0 saturated carbocycles. The highest BCUT2D eigenvalue weighted by molar-refractivity contribution is 8.22. The average Bonchev–Trinajstić information content (AvgIpc) is 2.06. The van der Waals surface area contributed by atoms with Crippen LogP contribution in [-0.4, -0.2) is 48.4 Å². The maximum absolute atomic E-state index is 9.71. The largest absolute Gasteiger partial charge is 0.314 e. The van der Waals surface area contributed by atoms with Gasteiger partial charge in [-0.2, -0.15) is 0 Å². The third-order valence-electron chi connectivity index (χ3n) is 1.87. The summed E-state index contributed by atoms with van der Waals surface area (Å²) in [6.45, 7) is 3.62. The van der Waals surface area contributed by atoms with Gasteiger partial charge >= 0.3 is 0 Å². The summed E-state index contributed by atoms with van der Waals surface area (Å²) in [5.41, 5.74) is 0. The van der Waals surface area contributed by atoms with Crippen molar-refractivity contribution in [2.24, 2.45) is 0 Å². The molecule has 1 aliphatic rings. The zero-order valence-electron chi connectivity index (χ0n) is 7.04. The van der Waals surface area contributed by atoms with Gasteiger partial charge in [0.25, 0.3) is 0 Å². The van der Waals surface area contributed by atoms with Gasteiger partial charge in [-0.25, -0.2) is 4.31 Å². The molecule has 1 fully saturated rings. The maximum atomic E-state index is 9.71. The van der Waals surface area contributed by atoms with E-state index in [1.807, 2.05) is 4.31 Å². The summed E-state index contributed by atoms with van der Waals surface area (Å²) in [6.07, 6.45) is 1.75. The number of rotatable bonds is 2. The molecule has 0 amide bonds. The molecule has 1 saturated heterocycles. The molecule has 0 aliphatic carbocycles. The predicted molar refractivity (Wildman–Crippen MR) is 47.6 cm³/mol. The second kappa shape index (κ2) is 3.73. The molecule has 5 heteroatoms. The van der Waals surface area contributed by atoms with Crippen LogP contribution in [0.4, 0.5) is 0 Å². The van der Waals surface area contributed by atoms with Crippen LogP contribution < -0.4 is 5.32 Å². The lowest BCUT2D eigenvalue weighted by atomic mass is 10.4. The second-order valence-electron chi connectivity index (χ2n) is 2.61. The van der Waals surface area contributed by atoms with Crippen molar-refractivity contribution in [2.75, 3.05) is 39.5 Å². The summed E-state index contributed by atoms with van der Waals surface area (Å²) < 4.78 is 16.7. The zero-order chi connectivity index (χ0) is 8.32. The van der Waals surface area contributed by atoms with Gasteiger partial charge in [-0.05, 0) is 0 Å². The summed E-state index contributed by atoms with van der Waals surface area (Å²) in [7, 11) is -0.375. The van der Waals surface area contributed by atoms with Gasteiger partial charge in [0.2, 0.25) is 0 Å². The predicted octanol–water partition coefficient (Wildman–Crippen LogP) is 0.275. The summed E-state index contributed by atoms with van der Waals surface area (Å²) in [6, 6.07) is 0. The molecule has 11 heavy (non-hydrogen) atoms. The van der Waals surface area contributed by atoms with Gasteiger partial charge in [0, 0.05) is 32.4 Å². The van der Waals surface area contributed by atoms with Crippen LogP contribution in [-0.2, 0) is 4.18 Å². The average molecular weight is 180 g/mol. The molecule has 0 aromatic rings. The SMILES string of the molecule is COS(C)(O)N1CCNCC1. The number of hydrogen-bond acceptors (Lipinski definition) is 4. The van der Waals surface area contributed by atoms with Crippen LogP contribution in [0.5, 0.6) is 0 Å². The fourth-order valence-corrected chi connectivity index (χ4v) is 2.16. The lowest BCUT2D eigenvalue weighted by molar-refractivity contribution is 0.291. The fraction of sp³-hybridized carbons (Fsp3) is 1.00. The van der Waals surface area contributed by atoms with Gasteiger partial charge in [-0.3, -0.25) is 8.74 Å². The quantitative estimate of drug-likeness (QED) is 0.640. The summed E-state index contributed by atoms with van der Waals surface area (Å²) >= 11 is 0. The van der Waals surface area contributed by atoms with E-state index < -0.39 is 10.8 Å². The van der Waals surface area contributed by atoms with Crippen molar-refractivity contribution in [3.8, 4) is 0 Å². The second-order valence-corrected chi connectivity index (χ2v) is 4.98. The molecule has 1 aliphatic heterocycles. The molecule has 2 N–H and O–H groups in total. The Hall–Kier alpha value is 0.190. The van der Waals surface area contributed by atoms with Crippen LogP contribution in [0.2, 0.25) is 0 Å². The third-order valence-corrected chi connectivity index (χ3v) is 3.83. The van der Waals surface area contributed by atoms with E-state index in [2.05, 4.69) is 5.32 Å². The molecule has 1 atom stereocenters. The maximum Gasteiger partial charge on any atom is 0.0620 e. The normalized spacial score (nSPS) is 29.4. The summed E-state index contributed by atoms with van der Waals surface area (Å²) in [5.74, 6) is 0. The van der Waals surface area contributed by atoms with Crippen LogP contribution in [0.3, 0.4) is 0 Å². The van der Waals surface area contributed by atoms with Crippen molar-refractivity contribution >= 4 is 10.8 Å². The Morgan fingerprint density at radius 2 is 2.00 bits per heavy atom. The minimum absolute atomic E-state index is 0.871. The zero-order valence-corrected chi connectivity index (χ0v) is 7.86. The lowest BCUT2D eigenvalue weighted by Gasteiger charge is -2.44. The standard InChI is InChI=1S/C6H16N2O2S/c1-10-11(2,9)8-5-3-7-4-6-8/h7,9H,3-6H2,1-2H3. The molecule has 68 valence electrons. The minimum atomic E-state index is -1.93. The van der Waals surface area contributed by atoms with Crippen LogP contribution in [0.1, 0.15) is 0 Å². The van der Waals surface area contributed by atoms with E-state index >= 15 is 0 Å². The Morgan fingerprint density at radius 1 is 1.45 bits per heavy atom. The number of nitrogens with one attached hydrogen (secondary N) is 1. The van der Waals surface area contributed by atoms with Crippen molar-refractivity contribution in [2.45, 2.75) is 0 Å². The van der Waals surface area contributed by atoms with Crippen molar-refractivity contribution in [3.05, 3.63) is 0 Å². The Morgan fingerprint density at radius 3 is 2.45 bits per heavy atom. The molecule has 0 bridgehead atoms. The molecule has 0 radical (unpaired) electrons. The van der Waals surface area contributed by atoms with Crippen LogP contribution in [0, 0.1) is 0 Å². The topological polar surface area (TPSA) is 44.7 Å². The molecular formula is C6H16N2O2S. The first kappa shape index (κ1) is 9.28. The van der Waals surface area contributed by atoms with E-state index in [-0.39, 0.29) is 0 Å². The Labute approximate surface area is 69.4 Å². The van der Waals surface area contributed by atoms with Crippen molar-refractivity contribution < 1.29 is 8.74 Å². The highest BCUT2D eigenvalue weighted by Gasteiger charge is 2.21. The van der Waals surface area contributed by atoms with Crippen LogP contribution >= 0.6 is 10.8 Å². The molecule has 0 aromatic carbocycles. The van der Waals surface area contributed by atoms with Crippen molar-refractivity contribution in [1.82, 2.24) is 9.62 Å². The Kier molecular flexibility index (Phi) is 3.15. The molecule has 4 nitrogen and oxygen atoms in total. The van der Waals surface area contributed by atoms with E-state index in [4.69, 9.17) is 4.18 Å². The number of hydrogen-bond donors (Lipinski definition) is 2. The smallest absolute Gasteiger partial charge is 0.0620 e. The molecular weight excluding hydrogens is 164 g/mol. The first-order chi connectivity index (χ1) is 5.17. The number of nitrogens with zero attached hydrogens (tertiary/aromatic N) is 1. The van der Waals surface area contributed by atoms with Crippen LogP contribution in [0.25, 0.3) is 0 Å². The molecule has 1 heterocycles. The molecule has 0 spiro atoms. The van der Waals surface area contributed by atoms with Crippen molar-refractivity contribution in [1.29, 1.82) is 0 Å². The molecule has 1 rings (SSSR count). The van der Waals surface area contributed by atoms with Gasteiger partial charge in [0.05, 0.1) is 7.11 Å². The number of piperazine rings is 1. The van der Waals surface area contributed by atoms with Gasteiger partial charge < -0.3 is 5.32 Å². The van der Waals surface area contributed by atoms with Gasteiger partial charge in [-0.1, -0.05) is 0 Å². The highest BCUT2D eigenvalue weighted by atomic mass is 32.3. The Balaban J connectivity index is 2.43. The summed E-state index contributed by atoms with van der Waals surface area (Å²) in [4.78, 5) is 0. The monoisotopic (exact) mass is 180 g/mol. The van der Waals surface area contributed by atoms with Gasteiger partial charge in [0.15, 0.2) is 0 Å². The molecule has 1 unspecified atom stereocenters. The first-order valence-electron chi connectivity index (χ1n) is 3.69. The van der Waals surface area contributed by atoms with Gasteiger partial charge in [0.1, 0.15) is 0 Å². The van der Waals surface area contributed by atoms with Gasteiger partial charge in [-0.15, -0.1) is 10.8 Å². The third kappa shape index (κ3) is 2.31. The van der Waals surface area contributed by atoms with Crippen LogP contribution in [0.15, 0.2) is 0 Å². The van der Waals surface area contributed by atoms with E-state index in [1.165, 1.54) is 0 Å². The van der Waals surface area contributed by atoms with E-state index in [0.717, 1.165) is 26.2 Å². The van der Waals surface area contributed by atoms with E-state index in [9.17, 15) is 4.55 Å². The molecule has 0 aromatic heterocycles. The summed E-state index contributed by atoms with van der Waals surface area (Å²) in [5, 5.41) is 3.22. The van der Waals surface area contributed by atoms with E-state index in [1.54, 1.807) is 13.4 Å². The highest BCUT2D eigenvalue weighted by Crippen LogP contribution is 2.43. The lowest BCUT2D eigenvalue weighted by Crippen LogP contribution is -2.44.